The van der Waals surface area contributed by atoms with Crippen LogP contribution in [0.15, 0.2) is 179 Å². The summed E-state index contributed by atoms with van der Waals surface area (Å²) in [5.41, 5.74) is 10.6. The molecule has 0 radical (unpaired) electrons. The fourth-order valence-corrected chi connectivity index (χ4v) is 7.64. The lowest BCUT2D eigenvalue weighted by Gasteiger charge is -2.18. The van der Waals surface area contributed by atoms with Gasteiger partial charge in [-0.1, -0.05) is 152 Å². The molecule has 0 N–H and O–H groups in total. The number of hydrogen-bond acceptors (Lipinski definition) is 2. The normalized spacial score (nSPS) is 11.8. The Morgan fingerprint density at radius 2 is 0.771 bits per heavy atom. The van der Waals surface area contributed by atoms with Crippen molar-refractivity contribution in [2.24, 2.45) is 0 Å². The van der Waals surface area contributed by atoms with E-state index in [1.807, 2.05) is 12.1 Å². The molecule has 8 aromatic carbocycles. The molecule has 224 valence electrons. The number of furan rings is 2. The quantitative estimate of drug-likeness (QED) is 0.185. The summed E-state index contributed by atoms with van der Waals surface area (Å²) in [6.45, 7) is 0. The largest absolute Gasteiger partial charge is 0.456 e. The van der Waals surface area contributed by atoms with Crippen molar-refractivity contribution in [1.29, 1.82) is 0 Å². The Bertz CT molecular complexity index is 2750. The molecular weight excluding hydrogens is 585 g/mol. The molecule has 2 heteroatoms. The van der Waals surface area contributed by atoms with Crippen molar-refractivity contribution in [3.8, 4) is 44.7 Å². The zero-order chi connectivity index (χ0) is 31.6. The summed E-state index contributed by atoms with van der Waals surface area (Å²) in [5.74, 6) is 0.863. The molecule has 0 saturated heterocycles. The van der Waals surface area contributed by atoms with Crippen LogP contribution in [-0.2, 0) is 0 Å². The molecule has 48 heavy (non-hydrogen) atoms. The first kappa shape index (κ1) is 26.8. The van der Waals surface area contributed by atoms with Gasteiger partial charge in [-0.25, -0.2) is 0 Å². The fraction of sp³-hybridized carbons (Fsp3) is 0. The van der Waals surface area contributed by atoms with Crippen molar-refractivity contribution in [1.82, 2.24) is 0 Å². The molecule has 10 rings (SSSR count). The highest BCUT2D eigenvalue weighted by molar-refractivity contribution is 6.26. The Morgan fingerprint density at radius 3 is 1.38 bits per heavy atom. The summed E-state index contributed by atoms with van der Waals surface area (Å²) in [6, 6.07) is 60.0. The average molecular weight is 613 g/mol. The molecule has 0 spiro atoms. The third-order valence-electron chi connectivity index (χ3n) is 9.67. The van der Waals surface area contributed by atoms with Crippen molar-refractivity contribution in [3.05, 3.63) is 170 Å². The third kappa shape index (κ3) is 4.00. The van der Waals surface area contributed by atoms with Crippen molar-refractivity contribution in [3.63, 3.8) is 0 Å². The first-order chi connectivity index (χ1) is 23.8. The van der Waals surface area contributed by atoms with Gasteiger partial charge in [0.05, 0.1) is 0 Å². The molecule has 0 amide bonds. The van der Waals surface area contributed by atoms with Gasteiger partial charge in [0.2, 0.25) is 0 Å². The first-order valence-corrected chi connectivity index (χ1v) is 16.4. The van der Waals surface area contributed by atoms with Crippen LogP contribution in [0.3, 0.4) is 0 Å². The molecule has 10 aromatic rings. The number of benzene rings is 8. The van der Waals surface area contributed by atoms with Crippen LogP contribution < -0.4 is 0 Å². The van der Waals surface area contributed by atoms with Gasteiger partial charge in [0.25, 0.3) is 0 Å². The maximum absolute atomic E-state index is 6.78. The summed E-state index contributed by atoms with van der Waals surface area (Å²) < 4.78 is 13.5. The minimum Gasteiger partial charge on any atom is -0.456 e. The van der Waals surface area contributed by atoms with Crippen LogP contribution in [0.5, 0.6) is 0 Å². The van der Waals surface area contributed by atoms with E-state index in [9.17, 15) is 0 Å². The summed E-state index contributed by atoms with van der Waals surface area (Å²) in [6.07, 6.45) is 0. The predicted molar refractivity (Wildman–Crippen MR) is 200 cm³/mol. The minimum atomic E-state index is 0.840. The van der Waals surface area contributed by atoms with Gasteiger partial charge in [-0.05, 0) is 67.6 Å². The Hall–Kier alpha value is -6.38. The predicted octanol–water partition coefficient (Wildman–Crippen LogP) is 13.3. The summed E-state index contributed by atoms with van der Waals surface area (Å²) in [4.78, 5) is 0. The van der Waals surface area contributed by atoms with Crippen LogP contribution in [0.25, 0.3) is 99.2 Å². The van der Waals surface area contributed by atoms with Crippen molar-refractivity contribution in [2.75, 3.05) is 0 Å². The van der Waals surface area contributed by atoms with Gasteiger partial charge in [0.15, 0.2) is 0 Å². The zero-order valence-corrected chi connectivity index (χ0v) is 26.0. The van der Waals surface area contributed by atoms with E-state index in [1.54, 1.807) is 0 Å². The van der Waals surface area contributed by atoms with Gasteiger partial charge in [0.1, 0.15) is 22.5 Å². The standard InChI is InChI=1S/C46H28O2/c1-4-15-29(16-5-1)42-32-21-10-12-23-34(32)44(35-24-13-11-22-33(35)42)36-25-14-26-39-45(36)38-28-41-37(27-40(38)47-39)43(30-17-6-2-7-18-30)46(48-41)31-19-8-3-9-20-31/h1-28H. The fourth-order valence-electron chi connectivity index (χ4n) is 7.64. The molecule has 2 aromatic heterocycles. The van der Waals surface area contributed by atoms with Gasteiger partial charge in [-0.15, -0.1) is 0 Å². The van der Waals surface area contributed by atoms with E-state index in [0.29, 0.717) is 0 Å². The molecule has 0 aliphatic heterocycles. The summed E-state index contributed by atoms with van der Waals surface area (Å²) >= 11 is 0. The molecule has 0 bridgehead atoms. The minimum absolute atomic E-state index is 0.840. The highest BCUT2D eigenvalue weighted by Gasteiger charge is 2.23. The number of fused-ring (bicyclic) bond motifs is 6. The summed E-state index contributed by atoms with van der Waals surface area (Å²) in [5, 5.41) is 8.07. The maximum Gasteiger partial charge on any atom is 0.143 e. The van der Waals surface area contributed by atoms with Crippen molar-refractivity contribution < 1.29 is 8.83 Å². The van der Waals surface area contributed by atoms with Crippen LogP contribution in [-0.4, -0.2) is 0 Å². The smallest absolute Gasteiger partial charge is 0.143 e. The van der Waals surface area contributed by atoms with Gasteiger partial charge in [-0.2, -0.15) is 0 Å². The SMILES string of the molecule is c1ccc(-c2oc3cc4c(cc3c2-c2ccccc2)oc2cccc(-c3c5ccccc5c(-c5ccccc5)c5ccccc35)c24)cc1. The van der Waals surface area contributed by atoms with Crippen LogP contribution in [0, 0.1) is 0 Å². The molecule has 0 unspecified atom stereocenters. The van der Waals surface area contributed by atoms with Crippen molar-refractivity contribution >= 4 is 54.5 Å². The van der Waals surface area contributed by atoms with E-state index < -0.39 is 0 Å². The van der Waals surface area contributed by atoms with E-state index in [2.05, 4.69) is 158 Å². The van der Waals surface area contributed by atoms with Gasteiger partial charge in [0, 0.05) is 27.3 Å². The molecule has 0 saturated carbocycles. The maximum atomic E-state index is 6.78. The zero-order valence-electron chi connectivity index (χ0n) is 26.0. The van der Waals surface area contributed by atoms with E-state index in [-0.39, 0.29) is 0 Å². The van der Waals surface area contributed by atoms with Gasteiger partial charge in [-0.3, -0.25) is 0 Å². The van der Waals surface area contributed by atoms with E-state index >= 15 is 0 Å². The number of hydrogen-bond donors (Lipinski definition) is 0. The topological polar surface area (TPSA) is 26.3 Å². The van der Waals surface area contributed by atoms with Crippen LogP contribution in [0.4, 0.5) is 0 Å². The lowest BCUT2D eigenvalue weighted by atomic mass is 9.85. The number of rotatable bonds is 4. The third-order valence-corrected chi connectivity index (χ3v) is 9.67. The Labute approximate surface area is 277 Å². The van der Waals surface area contributed by atoms with Crippen LogP contribution in [0.2, 0.25) is 0 Å². The molecular formula is C46H28O2. The molecule has 2 nitrogen and oxygen atoms in total. The monoisotopic (exact) mass is 612 g/mol. The Balaban J connectivity index is 1.30. The van der Waals surface area contributed by atoms with Crippen LogP contribution >= 0.6 is 0 Å². The molecule has 0 aliphatic rings. The Kier molecular flexibility index (Phi) is 5.91. The van der Waals surface area contributed by atoms with Crippen molar-refractivity contribution in [2.45, 2.75) is 0 Å². The Morgan fingerprint density at radius 1 is 0.292 bits per heavy atom. The molecule has 0 atom stereocenters. The second-order valence-electron chi connectivity index (χ2n) is 12.4. The molecule has 2 heterocycles. The molecule has 0 aliphatic carbocycles. The van der Waals surface area contributed by atoms with E-state index in [4.69, 9.17) is 8.83 Å². The first-order valence-electron chi connectivity index (χ1n) is 16.4. The van der Waals surface area contributed by atoms with Gasteiger partial charge < -0.3 is 8.83 Å². The van der Waals surface area contributed by atoms with E-state index in [0.717, 1.165) is 60.9 Å². The second kappa shape index (κ2) is 10.6. The van der Waals surface area contributed by atoms with E-state index in [1.165, 1.54) is 38.2 Å². The lowest BCUT2D eigenvalue weighted by molar-refractivity contribution is 0.632. The van der Waals surface area contributed by atoms with Gasteiger partial charge >= 0.3 is 0 Å². The van der Waals surface area contributed by atoms with Crippen LogP contribution in [0.1, 0.15) is 0 Å². The lowest BCUT2D eigenvalue weighted by Crippen LogP contribution is -1.91. The second-order valence-corrected chi connectivity index (χ2v) is 12.4. The highest BCUT2D eigenvalue weighted by Crippen LogP contribution is 2.48. The highest BCUT2D eigenvalue weighted by atomic mass is 16.3. The average Bonchev–Trinajstić information content (AvgIpc) is 3.71. The molecule has 0 fully saturated rings. The summed E-state index contributed by atoms with van der Waals surface area (Å²) in [7, 11) is 0.